The first-order valence-electron chi connectivity index (χ1n) is 21.7. The monoisotopic (exact) mass is 817 g/mol. The van der Waals surface area contributed by atoms with Crippen LogP contribution in [0.1, 0.15) is 22.3 Å². The van der Waals surface area contributed by atoms with Crippen LogP contribution in [0.4, 0.5) is 17.1 Å². The first kappa shape index (κ1) is 35.9. The van der Waals surface area contributed by atoms with Crippen LogP contribution in [0.2, 0.25) is 0 Å². The van der Waals surface area contributed by atoms with E-state index in [4.69, 9.17) is 0 Å². The van der Waals surface area contributed by atoms with E-state index in [9.17, 15) is 0 Å². The number of hydrogen-bond donors (Lipinski definition) is 0. The van der Waals surface area contributed by atoms with Crippen molar-refractivity contribution in [3.8, 4) is 55.6 Å². The molecule has 1 heterocycles. The molecule has 0 N–H and O–H groups in total. The molecule has 10 aromatic carbocycles. The fourth-order valence-electron chi connectivity index (χ4n) is 10.7. The lowest BCUT2D eigenvalue weighted by Gasteiger charge is -2.32. The van der Waals surface area contributed by atoms with Crippen molar-refractivity contribution in [1.29, 1.82) is 0 Å². The van der Waals surface area contributed by atoms with Crippen LogP contribution in [-0.2, 0) is 5.41 Å². The van der Waals surface area contributed by atoms with Crippen molar-refractivity contribution in [2.24, 2.45) is 0 Å². The van der Waals surface area contributed by atoms with Crippen molar-refractivity contribution in [1.82, 2.24) is 0 Å². The summed E-state index contributed by atoms with van der Waals surface area (Å²) in [6.45, 7) is 0. The molecular formula is C61H39NS. The maximum atomic E-state index is 2.48. The van der Waals surface area contributed by atoms with Crippen molar-refractivity contribution in [3.05, 3.63) is 259 Å². The molecule has 0 saturated carbocycles. The maximum Gasteiger partial charge on any atom is 0.0726 e. The summed E-state index contributed by atoms with van der Waals surface area (Å²) in [5.74, 6) is 0. The van der Waals surface area contributed by atoms with Gasteiger partial charge in [-0.3, -0.25) is 0 Å². The Morgan fingerprint density at radius 3 is 1.27 bits per heavy atom. The number of hydrogen-bond acceptors (Lipinski definition) is 2. The highest BCUT2D eigenvalue weighted by atomic mass is 32.1. The van der Waals surface area contributed by atoms with Gasteiger partial charge in [0.15, 0.2) is 0 Å². The van der Waals surface area contributed by atoms with E-state index in [0.717, 1.165) is 17.1 Å². The summed E-state index contributed by atoms with van der Waals surface area (Å²) < 4.78 is 2.65. The molecule has 13 rings (SSSR count). The van der Waals surface area contributed by atoms with Gasteiger partial charge < -0.3 is 4.90 Å². The van der Waals surface area contributed by atoms with Crippen LogP contribution in [0.3, 0.4) is 0 Å². The second-order valence-corrected chi connectivity index (χ2v) is 17.9. The molecule has 1 spiro atoms. The molecule has 2 heteroatoms. The number of anilines is 3. The molecule has 1 aromatic heterocycles. The van der Waals surface area contributed by atoms with Crippen molar-refractivity contribution in [3.63, 3.8) is 0 Å². The molecule has 294 valence electrons. The quantitative estimate of drug-likeness (QED) is 0.162. The Balaban J connectivity index is 0.954. The van der Waals surface area contributed by atoms with Crippen LogP contribution >= 0.6 is 11.3 Å². The van der Waals surface area contributed by atoms with Crippen LogP contribution in [0.15, 0.2) is 237 Å². The van der Waals surface area contributed by atoms with Crippen LogP contribution in [-0.4, -0.2) is 0 Å². The second-order valence-electron chi connectivity index (χ2n) is 16.8. The van der Waals surface area contributed by atoms with E-state index < -0.39 is 5.41 Å². The minimum atomic E-state index is -0.426. The van der Waals surface area contributed by atoms with Gasteiger partial charge in [-0.1, -0.05) is 182 Å². The Labute approximate surface area is 371 Å². The molecule has 0 saturated heterocycles. The first-order chi connectivity index (χ1) is 31.2. The number of thiophene rings is 1. The minimum Gasteiger partial charge on any atom is -0.310 e. The Morgan fingerprint density at radius 2 is 0.683 bits per heavy atom. The number of benzene rings is 10. The predicted molar refractivity (Wildman–Crippen MR) is 267 cm³/mol. The van der Waals surface area contributed by atoms with E-state index in [1.165, 1.54) is 98.1 Å². The van der Waals surface area contributed by atoms with E-state index in [2.05, 4.69) is 241 Å². The molecule has 0 unspecified atom stereocenters. The molecule has 2 aliphatic carbocycles. The number of fused-ring (bicyclic) bond motifs is 13. The largest absolute Gasteiger partial charge is 0.310 e. The Hall–Kier alpha value is -7.78. The van der Waals surface area contributed by atoms with Gasteiger partial charge in [0, 0.05) is 37.2 Å². The number of rotatable bonds is 6. The number of nitrogens with zero attached hydrogens (tertiary/aromatic N) is 1. The van der Waals surface area contributed by atoms with Gasteiger partial charge in [0.25, 0.3) is 0 Å². The highest BCUT2D eigenvalue weighted by molar-refractivity contribution is 7.25. The first-order valence-corrected chi connectivity index (χ1v) is 22.6. The zero-order valence-corrected chi connectivity index (χ0v) is 35.2. The Morgan fingerprint density at radius 1 is 0.270 bits per heavy atom. The molecule has 63 heavy (non-hydrogen) atoms. The molecule has 0 amide bonds. The molecule has 0 aliphatic heterocycles. The van der Waals surface area contributed by atoms with E-state index >= 15 is 0 Å². The topological polar surface area (TPSA) is 3.24 Å². The third-order valence-corrected chi connectivity index (χ3v) is 14.7. The van der Waals surface area contributed by atoms with Gasteiger partial charge >= 0.3 is 0 Å². The minimum absolute atomic E-state index is 0.426. The fraction of sp³-hybridized carbons (Fsp3) is 0.0164. The van der Waals surface area contributed by atoms with Crippen LogP contribution in [0.5, 0.6) is 0 Å². The second kappa shape index (κ2) is 14.1. The molecule has 1 nitrogen and oxygen atoms in total. The Bertz CT molecular complexity index is 3480. The molecule has 0 radical (unpaired) electrons. The molecule has 0 atom stereocenters. The predicted octanol–water partition coefficient (Wildman–Crippen LogP) is 16.9. The summed E-state index contributed by atoms with van der Waals surface area (Å²) in [6.07, 6.45) is 0. The van der Waals surface area contributed by atoms with Gasteiger partial charge in [0.1, 0.15) is 0 Å². The highest BCUT2D eigenvalue weighted by Gasteiger charge is 2.51. The molecular weight excluding hydrogens is 779 g/mol. The van der Waals surface area contributed by atoms with Crippen LogP contribution < -0.4 is 4.90 Å². The van der Waals surface area contributed by atoms with E-state index in [1.54, 1.807) is 0 Å². The highest BCUT2D eigenvalue weighted by Crippen LogP contribution is 2.63. The summed E-state index contributed by atoms with van der Waals surface area (Å²) in [5, 5.41) is 2.64. The van der Waals surface area contributed by atoms with Gasteiger partial charge in [-0.2, -0.15) is 0 Å². The van der Waals surface area contributed by atoms with Crippen molar-refractivity contribution in [2.75, 3.05) is 4.90 Å². The third kappa shape index (κ3) is 5.48. The summed E-state index contributed by atoms with van der Waals surface area (Å²) >= 11 is 1.86. The van der Waals surface area contributed by atoms with Crippen LogP contribution in [0, 0.1) is 0 Å². The fourth-order valence-corrected chi connectivity index (χ4v) is 11.8. The lowest BCUT2D eigenvalue weighted by atomic mass is 9.70. The van der Waals surface area contributed by atoms with Crippen molar-refractivity contribution < 1.29 is 0 Å². The lowest BCUT2D eigenvalue weighted by molar-refractivity contribution is 0.793. The van der Waals surface area contributed by atoms with E-state index in [-0.39, 0.29) is 0 Å². The zero-order chi connectivity index (χ0) is 41.5. The smallest absolute Gasteiger partial charge is 0.0726 e. The third-order valence-electron chi connectivity index (χ3n) is 13.5. The van der Waals surface area contributed by atoms with Gasteiger partial charge in [-0.05, 0) is 132 Å². The lowest BCUT2D eigenvalue weighted by Crippen LogP contribution is -2.26. The molecule has 2 aliphatic rings. The van der Waals surface area contributed by atoms with Crippen molar-refractivity contribution >= 4 is 48.6 Å². The van der Waals surface area contributed by atoms with E-state index in [0.29, 0.717) is 0 Å². The average molecular weight is 818 g/mol. The summed E-state index contributed by atoms with van der Waals surface area (Å²) in [6, 6.07) is 87.7. The maximum absolute atomic E-state index is 2.48. The van der Waals surface area contributed by atoms with Crippen molar-refractivity contribution in [2.45, 2.75) is 5.41 Å². The van der Waals surface area contributed by atoms with Gasteiger partial charge in [-0.15, -0.1) is 11.3 Å². The summed E-state index contributed by atoms with van der Waals surface area (Å²) in [5.41, 5.74) is 20.8. The normalized spacial score (nSPS) is 12.9. The van der Waals surface area contributed by atoms with Gasteiger partial charge in [-0.25, -0.2) is 0 Å². The van der Waals surface area contributed by atoms with Gasteiger partial charge in [0.05, 0.1) is 5.41 Å². The van der Waals surface area contributed by atoms with Crippen LogP contribution in [0.25, 0.3) is 75.8 Å². The average Bonchev–Trinajstić information content (AvgIpc) is 3.99. The summed E-state index contributed by atoms with van der Waals surface area (Å²) in [7, 11) is 0. The zero-order valence-electron chi connectivity index (χ0n) is 34.4. The molecule has 0 bridgehead atoms. The van der Waals surface area contributed by atoms with Gasteiger partial charge in [0.2, 0.25) is 0 Å². The van der Waals surface area contributed by atoms with E-state index in [1.807, 2.05) is 11.3 Å². The molecule has 11 aromatic rings. The SMILES string of the molecule is c1ccc(-c2ccc(-c3ccc(N(c4ccc(-c5ccc6sc7ccccc7c6c5)cc4)c4ccc5c(c4)C4(c6ccccc6-c6ccccc64)c4ccccc4-5)cc3)cc2)cc1. The summed E-state index contributed by atoms with van der Waals surface area (Å²) in [4.78, 5) is 2.44. The molecule has 0 fully saturated rings. The standard InChI is InChI=1S/C61H39NS/c1-2-12-40(13-3-1)41-22-24-42(25-23-41)43-26-31-46(32-27-43)62(47-33-28-44(29-34-47)45-30-37-60-54(38-45)53-17-7-11-21-59(53)63-60)48-35-36-52-51-16-6-10-20-57(51)61(58(52)39-48)55-18-8-4-14-49(55)50-15-5-9-19-56(50)61/h1-39H. The Kier molecular flexibility index (Phi) is 8.06.